The van der Waals surface area contributed by atoms with E-state index in [1.54, 1.807) is 0 Å². The Morgan fingerprint density at radius 2 is 2.44 bits per heavy atom. The average Bonchev–Trinajstić information content (AvgIpc) is 2.17. The van der Waals surface area contributed by atoms with Gasteiger partial charge in [0.25, 0.3) is 0 Å². The summed E-state index contributed by atoms with van der Waals surface area (Å²) in [5.74, 6) is 0.857. The van der Waals surface area contributed by atoms with Gasteiger partial charge in [-0.15, -0.1) is 0 Å². The first-order valence-corrected chi connectivity index (χ1v) is 3.45. The molecule has 0 amide bonds. The Labute approximate surface area is 54.9 Å². The maximum atomic E-state index is 10.6. The maximum absolute atomic E-state index is 10.6. The maximum Gasteiger partial charge on any atom is 0.133 e. The van der Waals surface area contributed by atoms with E-state index in [-0.39, 0.29) is 6.61 Å². The lowest BCUT2D eigenvalue weighted by molar-refractivity contribution is -0.117. The third-order valence-corrected chi connectivity index (χ3v) is 1.89. The van der Waals surface area contributed by atoms with E-state index in [0.717, 1.165) is 19.3 Å². The molecule has 1 fully saturated rings. The predicted molar refractivity (Wildman–Crippen MR) is 34.1 cm³/mol. The Bertz CT molecular complexity index is 109. The highest BCUT2D eigenvalue weighted by Crippen LogP contribution is 2.24. The Hall–Kier alpha value is -0.370. The number of ketones is 1. The van der Waals surface area contributed by atoms with E-state index in [1.165, 1.54) is 0 Å². The average molecular weight is 128 g/mol. The second kappa shape index (κ2) is 2.97. The summed E-state index contributed by atoms with van der Waals surface area (Å²) in [6.07, 6.45) is 3.26. The molecule has 1 N–H and O–H groups in total. The van der Waals surface area contributed by atoms with Gasteiger partial charge in [0.1, 0.15) is 5.78 Å². The van der Waals surface area contributed by atoms with Crippen LogP contribution in [0.15, 0.2) is 0 Å². The highest BCUT2D eigenvalue weighted by atomic mass is 16.3. The van der Waals surface area contributed by atoms with Crippen LogP contribution in [0.5, 0.6) is 0 Å². The molecule has 0 radical (unpaired) electrons. The molecule has 0 aromatic carbocycles. The Balaban J connectivity index is 2.22. The molecule has 2 heteroatoms. The number of carbonyl (C=O) groups is 1. The van der Waals surface area contributed by atoms with E-state index in [9.17, 15) is 4.79 Å². The number of carbonyl (C=O) groups excluding carboxylic acids is 1. The molecule has 0 saturated heterocycles. The monoisotopic (exact) mass is 128 g/mol. The fourth-order valence-corrected chi connectivity index (χ4v) is 1.32. The summed E-state index contributed by atoms with van der Waals surface area (Å²) in [4.78, 5) is 10.6. The van der Waals surface area contributed by atoms with Gasteiger partial charge < -0.3 is 5.11 Å². The first kappa shape index (κ1) is 6.75. The van der Waals surface area contributed by atoms with Crippen LogP contribution in [-0.2, 0) is 4.79 Å². The summed E-state index contributed by atoms with van der Waals surface area (Å²) in [6.45, 7) is 0.234. The van der Waals surface area contributed by atoms with E-state index >= 15 is 0 Å². The fourth-order valence-electron chi connectivity index (χ4n) is 1.32. The molecule has 9 heavy (non-hydrogen) atoms. The first-order valence-electron chi connectivity index (χ1n) is 3.45. The summed E-state index contributed by atoms with van der Waals surface area (Å²) in [7, 11) is 0. The van der Waals surface area contributed by atoms with E-state index < -0.39 is 0 Å². The molecule has 1 atom stereocenters. The van der Waals surface area contributed by atoms with Crippen molar-refractivity contribution in [2.75, 3.05) is 6.61 Å². The number of rotatable bonds is 2. The zero-order chi connectivity index (χ0) is 6.69. The predicted octanol–water partition coefficient (Wildman–Crippen LogP) is 0.738. The van der Waals surface area contributed by atoms with Crippen molar-refractivity contribution in [1.29, 1.82) is 0 Å². The van der Waals surface area contributed by atoms with Crippen molar-refractivity contribution in [3.8, 4) is 0 Å². The molecule has 0 aliphatic heterocycles. The minimum Gasteiger partial charge on any atom is -0.396 e. The van der Waals surface area contributed by atoms with Crippen molar-refractivity contribution in [2.24, 2.45) is 5.92 Å². The van der Waals surface area contributed by atoms with Crippen molar-refractivity contribution in [3.05, 3.63) is 0 Å². The third kappa shape index (κ3) is 1.79. The highest BCUT2D eigenvalue weighted by Gasteiger charge is 2.20. The van der Waals surface area contributed by atoms with Crippen LogP contribution in [0.4, 0.5) is 0 Å². The normalized spacial score (nSPS) is 27.2. The second-order valence-corrected chi connectivity index (χ2v) is 2.66. The number of aliphatic hydroxyl groups is 1. The van der Waals surface area contributed by atoms with E-state index in [0.29, 0.717) is 18.1 Å². The van der Waals surface area contributed by atoms with Gasteiger partial charge in [-0.05, 0) is 18.8 Å². The molecule has 0 aromatic heterocycles. The second-order valence-electron chi connectivity index (χ2n) is 2.66. The first-order chi connectivity index (χ1) is 4.33. The number of aliphatic hydroxyl groups excluding tert-OH is 1. The van der Waals surface area contributed by atoms with Crippen LogP contribution in [0.25, 0.3) is 0 Å². The molecule has 0 heterocycles. The third-order valence-electron chi connectivity index (χ3n) is 1.89. The lowest BCUT2D eigenvalue weighted by atomic mass is 10.1. The standard InChI is InChI=1S/C7H12O2/c8-4-3-6-1-2-7(9)5-6/h6,8H,1-5H2. The minimum atomic E-state index is 0.234. The molecule has 1 aliphatic carbocycles. The van der Waals surface area contributed by atoms with Crippen LogP contribution in [-0.4, -0.2) is 17.5 Å². The van der Waals surface area contributed by atoms with Gasteiger partial charge in [0.15, 0.2) is 0 Å². The van der Waals surface area contributed by atoms with Gasteiger partial charge in [-0.2, -0.15) is 0 Å². The van der Waals surface area contributed by atoms with Crippen LogP contribution in [0.1, 0.15) is 25.7 Å². The summed E-state index contributed by atoms with van der Waals surface area (Å²) in [6, 6.07) is 0. The molecular weight excluding hydrogens is 116 g/mol. The quantitative estimate of drug-likeness (QED) is 0.595. The van der Waals surface area contributed by atoms with Crippen molar-refractivity contribution in [3.63, 3.8) is 0 Å². The molecule has 1 saturated carbocycles. The summed E-state index contributed by atoms with van der Waals surface area (Å²) in [5.41, 5.74) is 0. The van der Waals surface area contributed by atoms with Crippen molar-refractivity contribution in [2.45, 2.75) is 25.7 Å². The Morgan fingerprint density at radius 1 is 1.67 bits per heavy atom. The van der Waals surface area contributed by atoms with Gasteiger partial charge >= 0.3 is 0 Å². The van der Waals surface area contributed by atoms with Gasteiger partial charge in [-0.25, -0.2) is 0 Å². The van der Waals surface area contributed by atoms with E-state index in [1.807, 2.05) is 0 Å². The number of Topliss-reactive ketones (excluding diaryl/α,β-unsaturated/α-hetero) is 1. The molecule has 52 valence electrons. The van der Waals surface area contributed by atoms with Crippen LogP contribution in [0, 0.1) is 5.92 Å². The van der Waals surface area contributed by atoms with Gasteiger partial charge in [0.05, 0.1) is 0 Å². The molecule has 1 aliphatic rings. The fraction of sp³-hybridized carbons (Fsp3) is 0.857. The van der Waals surface area contributed by atoms with Gasteiger partial charge in [-0.1, -0.05) is 0 Å². The molecule has 1 rings (SSSR count). The molecule has 0 aromatic rings. The SMILES string of the molecule is O=C1CCC(CCO)C1. The molecule has 0 bridgehead atoms. The van der Waals surface area contributed by atoms with E-state index in [4.69, 9.17) is 5.11 Å². The Kier molecular flexibility index (Phi) is 2.22. The molecule has 1 unspecified atom stereocenters. The van der Waals surface area contributed by atoms with Crippen molar-refractivity contribution < 1.29 is 9.90 Å². The topological polar surface area (TPSA) is 37.3 Å². The van der Waals surface area contributed by atoms with Gasteiger partial charge in [0.2, 0.25) is 0 Å². The molecular formula is C7H12O2. The van der Waals surface area contributed by atoms with Crippen LogP contribution >= 0.6 is 0 Å². The lowest BCUT2D eigenvalue weighted by Gasteiger charge is -2.01. The Morgan fingerprint density at radius 3 is 2.89 bits per heavy atom. The van der Waals surface area contributed by atoms with Gasteiger partial charge in [-0.3, -0.25) is 4.79 Å². The van der Waals surface area contributed by atoms with Gasteiger partial charge in [0, 0.05) is 19.4 Å². The van der Waals surface area contributed by atoms with Crippen LogP contribution in [0.3, 0.4) is 0 Å². The summed E-state index contributed by atoms with van der Waals surface area (Å²) < 4.78 is 0. The smallest absolute Gasteiger partial charge is 0.133 e. The zero-order valence-electron chi connectivity index (χ0n) is 5.47. The number of hydrogen-bond donors (Lipinski definition) is 1. The highest BCUT2D eigenvalue weighted by molar-refractivity contribution is 5.80. The molecule has 2 nitrogen and oxygen atoms in total. The zero-order valence-corrected chi connectivity index (χ0v) is 5.47. The van der Waals surface area contributed by atoms with Crippen molar-refractivity contribution in [1.82, 2.24) is 0 Å². The minimum absolute atomic E-state index is 0.234. The molecule has 0 spiro atoms. The summed E-state index contributed by atoms with van der Waals surface area (Å²) >= 11 is 0. The van der Waals surface area contributed by atoms with Crippen molar-refractivity contribution >= 4 is 5.78 Å². The van der Waals surface area contributed by atoms with Crippen LogP contribution < -0.4 is 0 Å². The summed E-state index contributed by atoms with van der Waals surface area (Å²) in [5, 5.41) is 8.50. The van der Waals surface area contributed by atoms with Crippen LogP contribution in [0.2, 0.25) is 0 Å². The van der Waals surface area contributed by atoms with E-state index in [2.05, 4.69) is 0 Å². The largest absolute Gasteiger partial charge is 0.396 e. The lowest BCUT2D eigenvalue weighted by Crippen LogP contribution is -1.97. The number of hydrogen-bond acceptors (Lipinski definition) is 2.